The highest BCUT2D eigenvalue weighted by Gasteiger charge is 2.29. The van der Waals surface area contributed by atoms with Crippen LogP contribution in [0, 0.1) is 6.92 Å². The van der Waals surface area contributed by atoms with E-state index in [-0.39, 0.29) is 12.7 Å². The maximum absolute atomic E-state index is 11.9. The zero-order valence-electron chi connectivity index (χ0n) is 12.2. The van der Waals surface area contributed by atoms with Crippen molar-refractivity contribution in [2.45, 2.75) is 32.8 Å². The third kappa shape index (κ3) is 4.14. The zero-order chi connectivity index (χ0) is 15.2. The van der Waals surface area contributed by atoms with E-state index in [0.717, 1.165) is 12.8 Å². The molecule has 1 aliphatic heterocycles. The highest BCUT2D eigenvalue weighted by Crippen LogP contribution is 2.16. The number of aromatic nitrogens is 2. The van der Waals surface area contributed by atoms with Crippen molar-refractivity contribution < 1.29 is 19.1 Å². The van der Waals surface area contributed by atoms with Gasteiger partial charge in [-0.2, -0.15) is 4.98 Å². The van der Waals surface area contributed by atoms with Gasteiger partial charge in [0.2, 0.25) is 5.88 Å². The van der Waals surface area contributed by atoms with Crippen LogP contribution in [0.15, 0.2) is 12.3 Å². The number of esters is 1. The molecule has 1 aromatic heterocycles. The van der Waals surface area contributed by atoms with Crippen LogP contribution >= 0.6 is 0 Å². The average molecular weight is 293 g/mol. The summed E-state index contributed by atoms with van der Waals surface area (Å²) in [6.07, 6.45) is 3.05. The van der Waals surface area contributed by atoms with E-state index in [4.69, 9.17) is 9.47 Å². The van der Waals surface area contributed by atoms with Gasteiger partial charge in [0.1, 0.15) is 11.9 Å². The topological polar surface area (TPSA) is 81.6 Å². The molecule has 1 atom stereocenters. The average Bonchev–Trinajstić information content (AvgIpc) is 2.47. The van der Waals surface area contributed by atoms with Crippen molar-refractivity contribution in [1.82, 2.24) is 14.9 Å². The number of hydrogen-bond acceptors (Lipinski definition) is 6. The van der Waals surface area contributed by atoms with Gasteiger partial charge in [0.25, 0.3) is 0 Å². The van der Waals surface area contributed by atoms with E-state index in [9.17, 15) is 9.59 Å². The molecule has 1 aliphatic rings. The third-order valence-electron chi connectivity index (χ3n) is 3.15. The molecule has 0 bridgehead atoms. The van der Waals surface area contributed by atoms with Crippen LogP contribution in [0.3, 0.4) is 0 Å². The first-order valence-electron chi connectivity index (χ1n) is 7.02. The minimum Gasteiger partial charge on any atom is -0.472 e. The van der Waals surface area contributed by atoms with E-state index >= 15 is 0 Å². The van der Waals surface area contributed by atoms with Crippen molar-refractivity contribution in [2.75, 3.05) is 19.7 Å². The van der Waals surface area contributed by atoms with Crippen molar-refractivity contribution in [1.29, 1.82) is 0 Å². The number of carbonyl (C=O) groups is 2. The van der Waals surface area contributed by atoms with Gasteiger partial charge in [0.05, 0.1) is 13.2 Å². The first-order valence-corrected chi connectivity index (χ1v) is 7.02. The Morgan fingerprint density at radius 2 is 2.29 bits per heavy atom. The van der Waals surface area contributed by atoms with Crippen molar-refractivity contribution in [2.24, 2.45) is 0 Å². The van der Waals surface area contributed by atoms with Crippen LogP contribution in [0.1, 0.15) is 25.6 Å². The van der Waals surface area contributed by atoms with Crippen LogP contribution < -0.4 is 4.74 Å². The normalized spacial score (nSPS) is 18.2. The molecule has 2 heterocycles. The summed E-state index contributed by atoms with van der Waals surface area (Å²) >= 11 is 0. The molecule has 0 N–H and O–H groups in total. The minimum atomic E-state index is -0.809. The Kier molecular flexibility index (Phi) is 5.08. The lowest BCUT2D eigenvalue weighted by Gasteiger charge is -2.31. The molecular formula is C14H19N3O4. The first kappa shape index (κ1) is 15.2. The predicted octanol–water partition coefficient (Wildman–Crippen LogP) is 0.718. The molecule has 0 aromatic carbocycles. The maximum atomic E-state index is 11.9. The highest BCUT2D eigenvalue weighted by atomic mass is 16.5. The molecule has 7 nitrogen and oxygen atoms in total. The molecule has 0 radical (unpaired) electrons. The van der Waals surface area contributed by atoms with Crippen LogP contribution in [-0.4, -0.2) is 52.5 Å². The monoisotopic (exact) mass is 293 g/mol. The van der Waals surface area contributed by atoms with Gasteiger partial charge in [0.15, 0.2) is 0 Å². The van der Waals surface area contributed by atoms with Crippen LogP contribution in [0.5, 0.6) is 5.88 Å². The predicted molar refractivity (Wildman–Crippen MR) is 73.6 cm³/mol. The van der Waals surface area contributed by atoms with Crippen molar-refractivity contribution in [3.8, 4) is 5.88 Å². The largest absolute Gasteiger partial charge is 0.472 e. The van der Waals surface area contributed by atoms with Crippen molar-refractivity contribution >= 4 is 11.9 Å². The molecule has 2 rings (SSSR count). The van der Waals surface area contributed by atoms with Crippen LogP contribution in [0.25, 0.3) is 0 Å². The van der Waals surface area contributed by atoms with Gasteiger partial charge < -0.3 is 14.4 Å². The summed E-state index contributed by atoms with van der Waals surface area (Å²) in [6, 6.07) is 1.68. The fraction of sp³-hybridized carbons (Fsp3) is 0.571. The molecule has 0 spiro atoms. The van der Waals surface area contributed by atoms with Crippen molar-refractivity contribution in [3.05, 3.63) is 18.1 Å². The smallest absolute Gasteiger partial charge is 0.397 e. The van der Waals surface area contributed by atoms with Gasteiger partial charge in [-0.1, -0.05) is 0 Å². The lowest BCUT2D eigenvalue weighted by Crippen LogP contribution is -2.47. The fourth-order valence-electron chi connectivity index (χ4n) is 2.21. The highest BCUT2D eigenvalue weighted by molar-refractivity contribution is 6.32. The summed E-state index contributed by atoms with van der Waals surface area (Å²) in [7, 11) is 0. The summed E-state index contributed by atoms with van der Waals surface area (Å²) in [5, 5.41) is 0. The molecule has 1 amide bonds. The van der Waals surface area contributed by atoms with Crippen LogP contribution in [0.4, 0.5) is 0 Å². The zero-order valence-corrected chi connectivity index (χ0v) is 12.2. The van der Waals surface area contributed by atoms with E-state index in [1.807, 2.05) is 0 Å². The summed E-state index contributed by atoms with van der Waals surface area (Å²) in [5.41, 5.74) is 0. The number of aryl methyl sites for hydroxylation is 1. The summed E-state index contributed by atoms with van der Waals surface area (Å²) < 4.78 is 10.5. The number of hydrogen-bond donors (Lipinski definition) is 0. The van der Waals surface area contributed by atoms with Crippen LogP contribution in [-0.2, 0) is 14.3 Å². The SMILES string of the molecule is CCOC(=O)C(=O)N1CCCC(Oc2ccnc(C)n2)C1. The molecular weight excluding hydrogens is 274 g/mol. The minimum absolute atomic E-state index is 0.175. The molecule has 1 saturated heterocycles. The number of amides is 1. The van der Waals surface area contributed by atoms with Gasteiger partial charge in [-0.05, 0) is 26.7 Å². The number of likely N-dealkylation sites (tertiary alicyclic amines) is 1. The van der Waals surface area contributed by atoms with E-state index in [0.29, 0.717) is 24.8 Å². The lowest BCUT2D eigenvalue weighted by molar-refractivity contribution is -0.161. The second-order valence-corrected chi connectivity index (χ2v) is 4.80. The number of nitrogens with zero attached hydrogens (tertiary/aromatic N) is 3. The summed E-state index contributed by atoms with van der Waals surface area (Å²) in [6.45, 7) is 4.55. The fourth-order valence-corrected chi connectivity index (χ4v) is 2.21. The number of rotatable bonds is 3. The molecule has 21 heavy (non-hydrogen) atoms. The Balaban J connectivity index is 1.94. The molecule has 1 fully saturated rings. The van der Waals surface area contributed by atoms with E-state index < -0.39 is 11.9 Å². The Hall–Kier alpha value is -2.18. The molecule has 7 heteroatoms. The van der Waals surface area contributed by atoms with Gasteiger partial charge >= 0.3 is 11.9 Å². The van der Waals surface area contributed by atoms with E-state index in [2.05, 4.69) is 9.97 Å². The summed E-state index contributed by atoms with van der Waals surface area (Å²) in [5.74, 6) is -0.305. The molecule has 114 valence electrons. The Morgan fingerprint density at radius 1 is 1.48 bits per heavy atom. The quantitative estimate of drug-likeness (QED) is 0.603. The summed E-state index contributed by atoms with van der Waals surface area (Å²) in [4.78, 5) is 33.0. The Labute approximate surface area is 123 Å². The van der Waals surface area contributed by atoms with Crippen molar-refractivity contribution in [3.63, 3.8) is 0 Å². The third-order valence-corrected chi connectivity index (χ3v) is 3.15. The Morgan fingerprint density at radius 3 is 3.00 bits per heavy atom. The molecule has 1 aromatic rings. The number of piperidine rings is 1. The van der Waals surface area contributed by atoms with E-state index in [1.54, 1.807) is 26.1 Å². The van der Waals surface area contributed by atoms with Gasteiger partial charge in [0, 0.05) is 18.8 Å². The second kappa shape index (κ2) is 7.01. The molecule has 0 saturated carbocycles. The van der Waals surface area contributed by atoms with Crippen LogP contribution in [0.2, 0.25) is 0 Å². The first-order chi connectivity index (χ1) is 10.1. The standard InChI is InChI=1S/C14H19N3O4/c1-3-20-14(19)13(18)17-8-4-5-11(9-17)21-12-6-7-15-10(2)16-12/h6-7,11H,3-5,8-9H2,1-2H3. The second-order valence-electron chi connectivity index (χ2n) is 4.80. The molecule has 0 aliphatic carbocycles. The van der Waals surface area contributed by atoms with E-state index in [1.165, 1.54) is 4.90 Å². The molecule has 1 unspecified atom stereocenters. The maximum Gasteiger partial charge on any atom is 0.397 e. The van der Waals surface area contributed by atoms with Gasteiger partial charge in [-0.3, -0.25) is 4.79 Å². The number of ether oxygens (including phenoxy) is 2. The Bertz CT molecular complexity index is 521. The lowest BCUT2D eigenvalue weighted by atomic mass is 10.1. The van der Waals surface area contributed by atoms with Gasteiger partial charge in [-0.15, -0.1) is 0 Å². The van der Waals surface area contributed by atoms with Gasteiger partial charge in [-0.25, -0.2) is 9.78 Å². The number of carbonyl (C=O) groups excluding carboxylic acids is 2.